The van der Waals surface area contributed by atoms with Crippen LogP contribution in [0.4, 0.5) is 37.8 Å². The van der Waals surface area contributed by atoms with Crippen molar-refractivity contribution in [3.63, 3.8) is 0 Å². The second-order valence-corrected chi connectivity index (χ2v) is 7.38. The highest BCUT2D eigenvalue weighted by Crippen LogP contribution is 2.38. The summed E-state index contributed by atoms with van der Waals surface area (Å²) in [6.07, 6.45) is -7.56. The molecule has 1 atom stereocenters. The Bertz CT molecular complexity index is 1360. The molecule has 3 N–H and O–H groups in total. The maximum Gasteiger partial charge on any atom is 0.418 e. The van der Waals surface area contributed by atoms with Crippen molar-refractivity contribution < 1.29 is 36.6 Å². The van der Waals surface area contributed by atoms with Crippen molar-refractivity contribution in [2.45, 2.75) is 18.5 Å². The molecule has 0 spiro atoms. The molecule has 0 saturated heterocycles. The van der Waals surface area contributed by atoms with Crippen LogP contribution < -0.4 is 5.32 Å². The molecule has 0 radical (unpaired) electrons. The highest BCUT2D eigenvalue weighted by Gasteiger charge is 2.35. The van der Waals surface area contributed by atoms with Crippen molar-refractivity contribution in [1.29, 1.82) is 0 Å². The number of nitrogens with one attached hydrogen (secondary N) is 1. The van der Waals surface area contributed by atoms with E-state index in [2.05, 4.69) is 25.3 Å². The quantitative estimate of drug-likeness (QED) is 0.339. The standard InChI is InChI=1S/C22H15F6N5O2/c23-21(24,25)13-1-3-14(4-2-13)33-20-19-16(31-10-32-20)6-12(8-30-19)18-15(22(26,27)28)5-11(7-29-18)17(35)9-34/h1-8,10,17,34-35H,9H2,(H,31,32,33)/t17-/m0/s1. The molecule has 7 nitrogen and oxygen atoms in total. The number of halogens is 6. The lowest BCUT2D eigenvalue weighted by atomic mass is 10.0. The van der Waals surface area contributed by atoms with E-state index in [1.165, 1.54) is 18.2 Å². The Morgan fingerprint density at radius 2 is 1.57 bits per heavy atom. The summed E-state index contributed by atoms with van der Waals surface area (Å²) in [7, 11) is 0. The zero-order valence-corrected chi connectivity index (χ0v) is 17.4. The third kappa shape index (κ3) is 5.15. The van der Waals surface area contributed by atoms with Crippen molar-refractivity contribution in [2.24, 2.45) is 0 Å². The predicted octanol–water partition coefficient (Wildman–Crippen LogP) is 4.89. The van der Waals surface area contributed by atoms with E-state index in [-0.39, 0.29) is 33.7 Å². The first kappa shape index (κ1) is 24.3. The molecule has 3 aromatic heterocycles. The van der Waals surface area contributed by atoms with Crippen LogP contribution in [-0.4, -0.2) is 36.8 Å². The van der Waals surface area contributed by atoms with Gasteiger partial charge in [-0.05, 0) is 36.4 Å². The van der Waals surface area contributed by atoms with Crippen molar-refractivity contribution in [1.82, 2.24) is 19.9 Å². The van der Waals surface area contributed by atoms with Gasteiger partial charge in [-0.25, -0.2) is 15.0 Å². The molecule has 1 aromatic carbocycles. The number of fused-ring (bicyclic) bond motifs is 1. The number of hydrogen-bond donors (Lipinski definition) is 3. The fourth-order valence-electron chi connectivity index (χ4n) is 3.26. The lowest BCUT2D eigenvalue weighted by Gasteiger charge is -2.16. The van der Waals surface area contributed by atoms with Crippen LogP contribution in [0.3, 0.4) is 0 Å². The molecular weight excluding hydrogens is 480 g/mol. The number of benzene rings is 1. The van der Waals surface area contributed by atoms with Crippen LogP contribution in [0.25, 0.3) is 22.3 Å². The molecule has 0 aliphatic carbocycles. The van der Waals surface area contributed by atoms with Gasteiger partial charge in [-0.15, -0.1) is 0 Å². The van der Waals surface area contributed by atoms with Gasteiger partial charge in [0.05, 0.1) is 28.9 Å². The summed E-state index contributed by atoms with van der Waals surface area (Å²) in [6, 6.07) is 6.19. The Morgan fingerprint density at radius 1 is 0.857 bits per heavy atom. The molecule has 35 heavy (non-hydrogen) atoms. The number of aliphatic hydroxyl groups excluding tert-OH is 2. The summed E-state index contributed by atoms with van der Waals surface area (Å²) in [5, 5.41) is 21.5. The number of alkyl halides is 6. The smallest absolute Gasteiger partial charge is 0.393 e. The van der Waals surface area contributed by atoms with E-state index in [1.807, 2.05) is 0 Å². The molecule has 0 unspecified atom stereocenters. The summed E-state index contributed by atoms with van der Waals surface area (Å²) >= 11 is 0. The molecule has 0 amide bonds. The first-order valence-corrected chi connectivity index (χ1v) is 9.89. The Morgan fingerprint density at radius 3 is 2.20 bits per heavy atom. The fraction of sp³-hybridized carbons (Fsp3) is 0.182. The summed E-state index contributed by atoms with van der Waals surface area (Å²) in [5.41, 5.74) is -2.06. The van der Waals surface area contributed by atoms with Crippen molar-refractivity contribution in [3.8, 4) is 11.3 Å². The molecule has 3 heterocycles. The van der Waals surface area contributed by atoms with E-state index in [9.17, 15) is 31.4 Å². The molecule has 4 aromatic rings. The largest absolute Gasteiger partial charge is 0.418 e. The summed E-state index contributed by atoms with van der Waals surface area (Å²) < 4.78 is 79.4. The van der Waals surface area contributed by atoms with Crippen molar-refractivity contribution >= 4 is 22.5 Å². The predicted molar refractivity (Wildman–Crippen MR) is 112 cm³/mol. The van der Waals surface area contributed by atoms with Gasteiger partial charge in [0.25, 0.3) is 0 Å². The van der Waals surface area contributed by atoms with Crippen LogP contribution in [0.15, 0.2) is 55.1 Å². The van der Waals surface area contributed by atoms with Crippen LogP contribution in [0.5, 0.6) is 0 Å². The lowest BCUT2D eigenvalue weighted by molar-refractivity contribution is -0.138. The average Bonchev–Trinajstić information content (AvgIpc) is 2.82. The number of nitrogens with zero attached hydrogens (tertiary/aromatic N) is 4. The highest BCUT2D eigenvalue weighted by atomic mass is 19.4. The monoisotopic (exact) mass is 495 g/mol. The molecule has 0 aliphatic rings. The second kappa shape index (κ2) is 9.07. The van der Waals surface area contributed by atoms with E-state index in [1.54, 1.807) is 0 Å². The molecular formula is C22H15F6N5O2. The van der Waals surface area contributed by atoms with E-state index in [4.69, 9.17) is 5.11 Å². The van der Waals surface area contributed by atoms with Gasteiger partial charge in [0.1, 0.15) is 17.9 Å². The Balaban J connectivity index is 1.72. The van der Waals surface area contributed by atoms with Gasteiger partial charge in [0, 0.05) is 29.2 Å². The molecule has 0 saturated carbocycles. The Labute approximate surface area is 193 Å². The van der Waals surface area contributed by atoms with Gasteiger partial charge >= 0.3 is 12.4 Å². The number of hydrogen-bond acceptors (Lipinski definition) is 7. The van der Waals surface area contributed by atoms with Crippen molar-refractivity contribution in [3.05, 3.63) is 71.8 Å². The van der Waals surface area contributed by atoms with Crippen molar-refractivity contribution in [2.75, 3.05) is 11.9 Å². The first-order valence-electron chi connectivity index (χ1n) is 9.89. The number of pyridine rings is 2. The first-order chi connectivity index (χ1) is 16.5. The van der Waals surface area contributed by atoms with E-state index in [0.717, 1.165) is 30.9 Å². The molecule has 0 bridgehead atoms. The van der Waals surface area contributed by atoms with Gasteiger partial charge in [-0.3, -0.25) is 4.98 Å². The SMILES string of the molecule is OC[C@H](O)c1cnc(-c2cnc3c(Nc4ccc(C(F)(F)F)cc4)ncnc3c2)c(C(F)(F)F)c1. The Kier molecular flexibility index (Phi) is 6.30. The van der Waals surface area contributed by atoms with Gasteiger partial charge in [0.15, 0.2) is 5.82 Å². The van der Waals surface area contributed by atoms with Crippen LogP contribution in [-0.2, 0) is 12.4 Å². The normalized spacial score (nSPS) is 13.1. The lowest BCUT2D eigenvalue weighted by Crippen LogP contribution is -2.12. The zero-order valence-electron chi connectivity index (χ0n) is 17.4. The number of anilines is 2. The van der Waals surface area contributed by atoms with E-state index in [0.29, 0.717) is 6.07 Å². The van der Waals surface area contributed by atoms with Crippen LogP contribution >= 0.6 is 0 Å². The van der Waals surface area contributed by atoms with E-state index < -0.39 is 41.9 Å². The van der Waals surface area contributed by atoms with Gasteiger partial charge in [-0.1, -0.05) is 0 Å². The maximum atomic E-state index is 13.7. The number of aromatic nitrogens is 4. The summed E-state index contributed by atoms with van der Waals surface area (Å²) in [4.78, 5) is 16.0. The summed E-state index contributed by atoms with van der Waals surface area (Å²) in [5.74, 6) is 0.131. The van der Waals surface area contributed by atoms with Crippen LogP contribution in [0, 0.1) is 0 Å². The third-order valence-corrected chi connectivity index (χ3v) is 5.00. The topological polar surface area (TPSA) is 104 Å². The average molecular weight is 495 g/mol. The van der Waals surface area contributed by atoms with Crippen LogP contribution in [0.2, 0.25) is 0 Å². The number of rotatable bonds is 5. The fourth-order valence-corrected chi connectivity index (χ4v) is 3.26. The van der Waals surface area contributed by atoms with Gasteiger partial charge in [0.2, 0.25) is 0 Å². The van der Waals surface area contributed by atoms with Crippen LogP contribution in [0.1, 0.15) is 22.8 Å². The third-order valence-electron chi connectivity index (χ3n) is 5.00. The number of aliphatic hydroxyl groups is 2. The maximum absolute atomic E-state index is 13.7. The molecule has 0 fully saturated rings. The molecule has 4 rings (SSSR count). The summed E-state index contributed by atoms with van der Waals surface area (Å²) in [6.45, 7) is -0.776. The minimum Gasteiger partial charge on any atom is -0.393 e. The molecule has 182 valence electrons. The Hall–Kier alpha value is -3.84. The van der Waals surface area contributed by atoms with Gasteiger partial charge < -0.3 is 15.5 Å². The molecule has 0 aliphatic heterocycles. The minimum absolute atomic E-state index is 0.0194. The zero-order chi connectivity index (χ0) is 25.4. The second-order valence-electron chi connectivity index (χ2n) is 7.38. The van der Waals surface area contributed by atoms with E-state index >= 15 is 0 Å². The molecule has 13 heteroatoms. The highest BCUT2D eigenvalue weighted by molar-refractivity contribution is 5.89. The van der Waals surface area contributed by atoms with Gasteiger partial charge in [-0.2, -0.15) is 26.3 Å². The minimum atomic E-state index is -4.82.